The summed E-state index contributed by atoms with van der Waals surface area (Å²) in [7, 11) is 0. The van der Waals surface area contributed by atoms with Crippen molar-refractivity contribution in [1.29, 1.82) is 0 Å². The minimum Gasteiger partial charge on any atom is -0.325 e. The van der Waals surface area contributed by atoms with Crippen LogP contribution in [-0.2, 0) is 9.59 Å². The Balaban J connectivity index is 1.30. The highest BCUT2D eigenvalue weighted by molar-refractivity contribution is 8.14. The molecule has 1 N–H and O–H groups in total. The van der Waals surface area contributed by atoms with Crippen LogP contribution in [-0.4, -0.2) is 33.7 Å². The van der Waals surface area contributed by atoms with E-state index in [-0.39, 0.29) is 23.6 Å². The number of aliphatic imine (C=N–C) groups is 1. The van der Waals surface area contributed by atoms with Crippen LogP contribution in [0.2, 0.25) is 0 Å². The van der Waals surface area contributed by atoms with Gasteiger partial charge in [0.2, 0.25) is 5.91 Å². The fourth-order valence-electron chi connectivity index (χ4n) is 4.37. The first-order valence-corrected chi connectivity index (χ1v) is 13.1. The molecule has 5 nitrogen and oxygen atoms in total. The van der Waals surface area contributed by atoms with Gasteiger partial charge in [0.1, 0.15) is 5.70 Å². The third-order valence-corrected chi connectivity index (χ3v) is 7.76. The number of rotatable bonds is 5. The minimum atomic E-state index is -0.107. The van der Waals surface area contributed by atoms with Gasteiger partial charge in [-0.15, -0.1) is 11.3 Å². The summed E-state index contributed by atoms with van der Waals surface area (Å²) in [6, 6.07) is 18.1. The molecule has 2 aliphatic rings. The molecule has 1 fully saturated rings. The van der Waals surface area contributed by atoms with Crippen molar-refractivity contribution >= 4 is 62.6 Å². The number of amidine groups is 1. The average molecular weight is 476 g/mol. The van der Waals surface area contributed by atoms with E-state index in [0.29, 0.717) is 10.9 Å². The summed E-state index contributed by atoms with van der Waals surface area (Å²) in [4.78, 5) is 33.4. The number of carbonyl (C=O) groups is 2. The highest BCUT2D eigenvalue weighted by Gasteiger charge is 2.36. The van der Waals surface area contributed by atoms with Gasteiger partial charge < -0.3 is 5.32 Å². The van der Waals surface area contributed by atoms with Crippen LogP contribution in [0.3, 0.4) is 0 Å². The van der Waals surface area contributed by atoms with Crippen LogP contribution >= 0.6 is 23.1 Å². The van der Waals surface area contributed by atoms with Crippen LogP contribution in [0.4, 0.5) is 5.69 Å². The van der Waals surface area contributed by atoms with Crippen molar-refractivity contribution in [2.24, 2.45) is 4.99 Å². The van der Waals surface area contributed by atoms with Crippen molar-refractivity contribution in [2.45, 2.75) is 38.1 Å². The number of hydrogen-bond acceptors (Lipinski definition) is 5. The zero-order valence-electron chi connectivity index (χ0n) is 18.2. The smallest absolute Gasteiger partial charge is 0.278 e. The van der Waals surface area contributed by atoms with Crippen LogP contribution in [0.25, 0.3) is 16.8 Å². The Kier molecular flexibility index (Phi) is 6.60. The lowest BCUT2D eigenvalue weighted by Crippen LogP contribution is -2.41. The Labute approximate surface area is 201 Å². The Morgan fingerprint density at radius 3 is 2.70 bits per heavy atom. The van der Waals surface area contributed by atoms with E-state index >= 15 is 0 Å². The summed E-state index contributed by atoms with van der Waals surface area (Å²) in [5.41, 5.74) is 1.23. The van der Waals surface area contributed by atoms with Gasteiger partial charge in [0.15, 0.2) is 5.17 Å². The Morgan fingerprint density at radius 2 is 1.91 bits per heavy atom. The minimum absolute atomic E-state index is 0.0484. The molecule has 0 radical (unpaired) electrons. The molecule has 2 amide bonds. The maximum atomic E-state index is 13.2. The highest BCUT2D eigenvalue weighted by Crippen LogP contribution is 2.32. The average Bonchev–Trinajstić information content (AvgIpc) is 3.46. The lowest BCUT2D eigenvalue weighted by Gasteiger charge is -2.31. The van der Waals surface area contributed by atoms with Gasteiger partial charge in [-0.25, -0.2) is 4.99 Å². The molecule has 0 unspecified atom stereocenters. The second-order valence-corrected chi connectivity index (χ2v) is 10.2. The normalized spacial score (nSPS) is 18.2. The van der Waals surface area contributed by atoms with Crippen molar-refractivity contribution in [3.8, 4) is 0 Å². The number of nitrogens with one attached hydrogen (secondary N) is 1. The standard InChI is InChI=1S/C26H25N3O2S2/c30-24(27-20-13-12-18-7-4-5-8-19(18)15-20)17-33-26-28-23(16-22-11-6-14-32-22)25(31)29(26)21-9-2-1-3-10-21/h4-8,11-16,21H,1-3,9-10,17H2,(H,27,30)/b23-16+. The number of amides is 2. The van der Waals surface area contributed by atoms with E-state index in [1.165, 1.54) is 18.2 Å². The molecule has 1 aliphatic carbocycles. The molecule has 3 aromatic rings. The number of carbonyl (C=O) groups excluding carboxylic acids is 2. The molecule has 1 saturated carbocycles. The maximum Gasteiger partial charge on any atom is 0.278 e. The van der Waals surface area contributed by atoms with E-state index in [4.69, 9.17) is 0 Å². The zero-order valence-corrected chi connectivity index (χ0v) is 19.8. The summed E-state index contributed by atoms with van der Waals surface area (Å²) in [6.45, 7) is 0. The molecule has 1 aromatic heterocycles. The van der Waals surface area contributed by atoms with Crippen molar-refractivity contribution in [1.82, 2.24) is 4.90 Å². The fourth-order valence-corrected chi connectivity index (χ4v) is 5.89. The van der Waals surface area contributed by atoms with Gasteiger partial charge in [-0.2, -0.15) is 0 Å². The maximum absolute atomic E-state index is 13.2. The predicted molar refractivity (Wildman–Crippen MR) is 138 cm³/mol. The molecular formula is C26H25N3O2S2. The number of thioether (sulfide) groups is 1. The molecule has 1 aliphatic heterocycles. The van der Waals surface area contributed by atoms with Gasteiger partial charge in [-0.05, 0) is 53.3 Å². The van der Waals surface area contributed by atoms with Gasteiger partial charge in [0.05, 0.1) is 5.75 Å². The van der Waals surface area contributed by atoms with Crippen molar-refractivity contribution in [3.63, 3.8) is 0 Å². The summed E-state index contributed by atoms with van der Waals surface area (Å²) in [5, 5.41) is 7.83. The third kappa shape index (κ3) is 5.04. The Hall–Kier alpha value is -2.90. The lowest BCUT2D eigenvalue weighted by atomic mass is 9.94. The Morgan fingerprint density at radius 1 is 1.09 bits per heavy atom. The molecule has 33 heavy (non-hydrogen) atoms. The SMILES string of the molecule is O=C(CSC1=N/C(=C/c2cccs2)C(=O)N1C1CCCCC1)Nc1ccc2ccccc2c1. The van der Waals surface area contributed by atoms with Crippen LogP contribution in [0.15, 0.2) is 70.7 Å². The molecular weight excluding hydrogens is 450 g/mol. The molecule has 7 heteroatoms. The molecule has 0 atom stereocenters. The van der Waals surface area contributed by atoms with Gasteiger partial charge in [-0.3, -0.25) is 14.5 Å². The van der Waals surface area contributed by atoms with Gasteiger partial charge >= 0.3 is 0 Å². The van der Waals surface area contributed by atoms with Crippen molar-refractivity contribution in [2.75, 3.05) is 11.1 Å². The number of nitrogens with zero attached hydrogens (tertiary/aromatic N) is 2. The zero-order chi connectivity index (χ0) is 22.6. The van der Waals surface area contributed by atoms with Crippen molar-refractivity contribution in [3.05, 3.63) is 70.6 Å². The second-order valence-electron chi connectivity index (χ2n) is 8.31. The van der Waals surface area contributed by atoms with Crippen LogP contribution in [0.5, 0.6) is 0 Å². The molecule has 0 bridgehead atoms. The highest BCUT2D eigenvalue weighted by atomic mass is 32.2. The van der Waals surface area contributed by atoms with Crippen molar-refractivity contribution < 1.29 is 9.59 Å². The van der Waals surface area contributed by atoms with Gasteiger partial charge in [0.25, 0.3) is 5.91 Å². The monoisotopic (exact) mass is 475 g/mol. The fraction of sp³-hybridized carbons (Fsp3) is 0.269. The lowest BCUT2D eigenvalue weighted by molar-refractivity contribution is -0.124. The number of benzene rings is 2. The molecule has 5 rings (SSSR count). The topological polar surface area (TPSA) is 61.8 Å². The van der Waals surface area contributed by atoms with Crippen LogP contribution in [0, 0.1) is 0 Å². The largest absolute Gasteiger partial charge is 0.325 e. The summed E-state index contributed by atoms with van der Waals surface area (Å²) in [5.74, 6) is 0.0477. The summed E-state index contributed by atoms with van der Waals surface area (Å²) < 4.78 is 0. The van der Waals surface area contributed by atoms with Crippen LogP contribution in [0.1, 0.15) is 37.0 Å². The number of fused-ring (bicyclic) bond motifs is 1. The number of anilines is 1. The molecule has 0 saturated heterocycles. The molecule has 0 spiro atoms. The van der Waals surface area contributed by atoms with E-state index < -0.39 is 0 Å². The van der Waals surface area contributed by atoms with E-state index in [1.807, 2.05) is 71.0 Å². The number of thiophene rings is 1. The first-order valence-electron chi connectivity index (χ1n) is 11.3. The quantitative estimate of drug-likeness (QED) is 0.451. The first kappa shape index (κ1) is 21.9. The van der Waals surface area contributed by atoms with E-state index in [9.17, 15) is 9.59 Å². The van der Waals surface area contributed by atoms with Gasteiger partial charge in [0, 0.05) is 16.6 Å². The molecule has 2 aromatic carbocycles. The Bertz CT molecular complexity index is 1230. The van der Waals surface area contributed by atoms with E-state index in [2.05, 4.69) is 10.3 Å². The molecule has 168 valence electrons. The van der Waals surface area contributed by atoms with E-state index in [1.54, 1.807) is 11.3 Å². The van der Waals surface area contributed by atoms with E-state index in [0.717, 1.165) is 47.0 Å². The van der Waals surface area contributed by atoms with Gasteiger partial charge in [-0.1, -0.05) is 67.4 Å². The van der Waals surface area contributed by atoms with Crippen LogP contribution < -0.4 is 5.32 Å². The molecule has 2 heterocycles. The third-order valence-electron chi connectivity index (χ3n) is 5.99. The second kappa shape index (κ2) is 9.93. The first-order chi connectivity index (χ1) is 16.2. The summed E-state index contributed by atoms with van der Waals surface area (Å²) in [6.07, 6.45) is 7.29. The predicted octanol–water partition coefficient (Wildman–Crippen LogP) is 6.15. The number of hydrogen-bond donors (Lipinski definition) is 1. The summed E-state index contributed by atoms with van der Waals surface area (Å²) >= 11 is 2.93.